The summed E-state index contributed by atoms with van der Waals surface area (Å²) in [6, 6.07) is 8.25. The van der Waals surface area contributed by atoms with Gasteiger partial charge in [0.15, 0.2) is 5.65 Å². The maximum Gasteiger partial charge on any atom is 0.311 e. The molecule has 5 heteroatoms. The van der Waals surface area contributed by atoms with Gasteiger partial charge >= 0.3 is 5.97 Å². The van der Waals surface area contributed by atoms with Crippen molar-refractivity contribution in [2.24, 2.45) is 7.05 Å². The van der Waals surface area contributed by atoms with E-state index >= 15 is 0 Å². The number of nitrogens with zero attached hydrogens (tertiary/aromatic N) is 3. The zero-order chi connectivity index (χ0) is 20.4. The molecule has 0 spiro atoms. The fourth-order valence-electron chi connectivity index (χ4n) is 3.92. The summed E-state index contributed by atoms with van der Waals surface area (Å²) in [5.41, 5.74) is 6.28. The number of imidazole rings is 1. The van der Waals surface area contributed by atoms with Crippen LogP contribution in [0.1, 0.15) is 61.7 Å². The van der Waals surface area contributed by atoms with Crippen LogP contribution in [0.15, 0.2) is 24.3 Å². The third kappa shape index (κ3) is 3.53. The molecule has 1 N–H and O–H groups in total. The second-order valence-corrected chi connectivity index (χ2v) is 7.54. The first kappa shape index (κ1) is 20.1. The lowest BCUT2D eigenvalue weighted by molar-refractivity contribution is -0.139. The number of hydrogen-bond acceptors (Lipinski definition) is 3. The van der Waals surface area contributed by atoms with Crippen molar-refractivity contribution < 1.29 is 9.90 Å². The molecular weight excluding hydrogens is 350 g/mol. The highest BCUT2D eigenvalue weighted by atomic mass is 16.4. The third-order valence-electron chi connectivity index (χ3n) is 5.36. The van der Waals surface area contributed by atoms with Crippen LogP contribution in [-0.4, -0.2) is 25.6 Å². The molecule has 3 aromatic rings. The predicted octanol–water partition coefficient (Wildman–Crippen LogP) is 5.17. The topological polar surface area (TPSA) is 68.0 Å². The summed E-state index contributed by atoms with van der Waals surface area (Å²) < 4.78 is 2.04. The quantitative estimate of drug-likeness (QED) is 0.615. The number of pyridine rings is 1. The number of carboxylic acids is 1. The molecule has 0 bridgehead atoms. The first-order valence-corrected chi connectivity index (χ1v) is 10.0. The predicted molar refractivity (Wildman–Crippen MR) is 113 cm³/mol. The Hall–Kier alpha value is -2.69. The van der Waals surface area contributed by atoms with Gasteiger partial charge in [-0.2, -0.15) is 0 Å². The summed E-state index contributed by atoms with van der Waals surface area (Å²) in [6.07, 6.45) is 3.24. The van der Waals surface area contributed by atoms with Crippen LogP contribution in [-0.2, 0) is 18.3 Å². The number of carboxylic acid groups (broad SMARTS) is 1. The van der Waals surface area contributed by atoms with Gasteiger partial charge in [0.05, 0.1) is 5.92 Å². The Morgan fingerprint density at radius 2 is 1.79 bits per heavy atom. The van der Waals surface area contributed by atoms with E-state index in [0.717, 1.165) is 58.6 Å². The Labute approximate surface area is 166 Å². The average Bonchev–Trinajstić information content (AvgIpc) is 2.96. The Morgan fingerprint density at radius 1 is 1.11 bits per heavy atom. The average molecular weight is 380 g/mol. The summed E-state index contributed by atoms with van der Waals surface area (Å²) >= 11 is 0. The van der Waals surface area contributed by atoms with E-state index in [1.54, 1.807) is 0 Å². The fraction of sp³-hybridized carbons (Fsp3) is 0.435. The standard InChI is InChI=1S/C23H29N3O2/c1-6-8-17(23(27)28)19-15(4)24-22-21(25-18(9-7-2)26(22)5)20(19)16-12-10-14(3)11-13-16/h10-13,17H,6-9H2,1-5H3,(H,27,28). The minimum absolute atomic E-state index is 0.580. The Bertz CT molecular complexity index is 1000. The maximum atomic E-state index is 12.1. The van der Waals surface area contributed by atoms with Crippen LogP contribution < -0.4 is 0 Å². The Kier molecular flexibility index (Phi) is 5.82. The molecule has 0 fully saturated rings. The first-order valence-electron chi connectivity index (χ1n) is 10.0. The molecular formula is C23H29N3O2. The number of aromatic nitrogens is 3. The normalized spacial score (nSPS) is 12.5. The van der Waals surface area contributed by atoms with Gasteiger partial charge in [0.25, 0.3) is 0 Å². The number of fused-ring (bicyclic) bond motifs is 1. The molecule has 2 heterocycles. The van der Waals surface area contributed by atoms with E-state index in [2.05, 4.69) is 38.1 Å². The first-order chi connectivity index (χ1) is 13.4. The number of rotatable bonds is 7. The van der Waals surface area contributed by atoms with Crippen molar-refractivity contribution in [1.82, 2.24) is 14.5 Å². The van der Waals surface area contributed by atoms with Crippen LogP contribution in [0.4, 0.5) is 0 Å². The summed E-state index contributed by atoms with van der Waals surface area (Å²) in [7, 11) is 1.99. The van der Waals surface area contributed by atoms with E-state index in [9.17, 15) is 9.90 Å². The number of carbonyl (C=O) groups is 1. The lowest BCUT2D eigenvalue weighted by Gasteiger charge is -2.19. The molecule has 0 amide bonds. The van der Waals surface area contributed by atoms with Gasteiger partial charge in [-0.1, -0.05) is 50.1 Å². The smallest absolute Gasteiger partial charge is 0.311 e. The molecule has 2 aromatic heterocycles. The number of benzene rings is 1. The molecule has 0 radical (unpaired) electrons. The zero-order valence-corrected chi connectivity index (χ0v) is 17.4. The molecule has 0 aliphatic heterocycles. The molecule has 0 aliphatic carbocycles. The summed E-state index contributed by atoms with van der Waals surface area (Å²) in [6.45, 7) is 8.12. The molecule has 0 saturated carbocycles. The van der Waals surface area contributed by atoms with Crippen LogP contribution in [0.25, 0.3) is 22.3 Å². The van der Waals surface area contributed by atoms with E-state index in [4.69, 9.17) is 9.97 Å². The van der Waals surface area contributed by atoms with Gasteiger partial charge in [0.2, 0.25) is 0 Å². The van der Waals surface area contributed by atoms with Crippen molar-refractivity contribution in [1.29, 1.82) is 0 Å². The maximum absolute atomic E-state index is 12.1. The van der Waals surface area contributed by atoms with Crippen molar-refractivity contribution in [3.05, 3.63) is 46.9 Å². The monoisotopic (exact) mass is 379 g/mol. The van der Waals surface area contributed by atoms with Crippen LogP contribution in [0.3, 0.4) is 0 Å². The van der Waals surface area contributed by atoms with Crippen LogP contribution in [0.2, 0.25) is 0 Å². The van der Waals surface area contributed by atoms with Crippen LogP contribution in [0, 0.1) is 13.8 Å². The number of aryl methyl sites for hydroxylation is 4. The van der Waals surface area contributed by atoms with Gasteiger partial charge in [-0.3, -0.25) is 4.79 Å². The summed E-state index contributed by atoms with van der Waals surface area (Å²) in [5.74, 6) is -0.406. The Balaban J connectivity index is 2.40. The van der Waals surface area contributed by atoms with Crippen molar-refractivity contribution in [2.45, 2.75) is 59.3 Å². The summed E-state index contributed by atoms with van der Waals surface area (Å²) in [5, 5.41) is 9.96. The van der Waals surface area contributed by atoms with Crippen molar-refractivity contribution in [3.63, 3.8) is 0 Å². The second kappa shape index (κ2) is 8.13. The lowest BCUT2D eigenvalue weighted by atomic mass is 9.86. The van der Waals surface area contributed by atoms with Gasteiger partial charge in [-0.15, -0.1) is 0 Å². The van der Waals surface area contributed by atoms with E-state index < -0.39 is 11.9 Å². The lowest BCUT2D eigenvalue weighted by Crippen LogP contribution is -2.15. The Morgan fingerprint density at radius 3 is 2.36 bits per heavy atom. The molecule has 148 valence electrons. The van der Waals surface area contributed by atoms with Crippen LogP contribution >= 0.6 is 0 Å². The molecule has 0 saturated heterocycles. The zero-order valence-electron chi connectivity index (χ0n) is 17.4. The SMILES string of the molecule is CCCc1nc2c(-c3ccc(C)cc3)c(C(CCC)C(=O)O)c(C)nc2n1C. The van der Waals surface area contributed by atoms with E-state index in [-0.39, 0.29) is 0 Å². The summed E-state index contributed by atoms with van der Waals surface area (Å²) in [4.78, 5) is 21.9. The van der Waals surface area contributed by atoms with Crippen molar-refractivity contribution >= 4 is 17.1 Å². The van der Waals surface area contributed by atoms with Crippen LogP contribution in [0.5, 0.6) is 0 Å². The molecule has 5 nitrogen and oxygen atoms in total. The van der Waals surface area contributed by atoms with E-state index in [1.165, 1.54) is 5.56 Å². The fourth-order valence-corrected chi connectivity index (χ4v) is 3.92. The minimum atomic E-state index is -0.802. The van der Waals surface area contributed by atoms with Gasteiger partial charge < -0.3 is 9.67 Å². The van der Waals surface area contributed by atoms with Gasteiger partial charge in [-0.05, 0) is 37.8 Å². The number of aliphatic carboxylic acids is 1. The van der Waals surface area contributed by atoms with Gasteiger partial charge in [0, 0.05) is 24.7 Å². The highest BCUT2D eigenvalue weighted by Gasteiger charge is 2.28. The van der Waals surface area contributed by atoms with Gasteiger partial charge in [-0.25, -0.2) is 9.97 Å². The van der Waals surface area contributed by atoms with Gasteiger partial charge in [0.1, 0.15) is 11.3 Å². The van der Waals surface area contributed by atoms with Crippen molar-refractivity contribution in [2.75, 3.05) is 0 Å². The van der Waals surface area contributed by atoms with E-state index in [1.807, 2.05) is 25.5 Å². The molecule has 3 rings (SSSR count). The largest absolute Gasteiger partial charge is 0.481 e. The molecule has 1 unspecified atom stereocenters. The molecule has 1 aromatic carbocycles. The molecule has 28 heavy (non-hydrogen) atoms. The second-order valence-electron chi connectivity index (χ2n) is 7.54. The highest BCUT2D eigenvalue weighted by molar-refractivity contribution is 5.95. The molecule has 0 aliphatic rings. The third-order valence-corrected chi connectivity index (χ3v) is 5.36. The highest BCUT2D eigenvalue weighted by Crippen LogP contribution is 2.39. The van der Waals surface area contributed by atoms with E-state index in [0.29, 0.717) is 6.42 Å². The molecule has 1 atom stereocenters. The van der Waals surface area contributed by atoms with Crippen molar-refractivity contribution in [3.8, 4) is 11.1 Å². The number of hydrogen-bond donors (Lipinski definition) is 1. The minimum Gasteiger partial charge on any atom is -0.481 e.